The Morgan fingerprint density at radius 2 is 1.55 bits per heavy atom. The van der Waals surface area contributed by atoms with Gasteiger partial charge in [0.1, 0.15) is 5.78 Å². The van der Waals surface area contributed by atoms with E-state index >= 15 is 0 Å². The predicted octanol–water partition coefficient (Wildman–Crippen LogP) is 3.91. The molecule has 0 aliphatic heterocycles. The number of rotatable bonds is 5. The van der Waals surface area contributed by atoms with Gasteiger partial charge < -0.3 is 4.90 Å². The van der Waals surface area contributed by atoms with E-state index in [-0.39, 0.29) is 16.7 Å². The van der Waals surface area contributed by atoms with Crippen LogP contribution in [-0.4, -0.2) is 29.7 Å². The maximum absolute atomic E-state index is 13.5. The molecular formula is C19H33NO2. The molecule has 0 aromatic heterocycles. The summed E-state index contributed by atoms with van der Waals surface area (Å²) in [7, 11) is 0. The van der Waals surface area contributed by atoms with Crippen LogP contribution in [0.4, 0.5) is 0 Å². The van der Waals surface area contributed by atoms with Crippen molar-refractivity contribution in [3.8, 4) is 0 Å². The van der Waals surface area contributed by atoms with Gasteiger partial charge in [-0.15, -0.1) is 0 Å². The largest absolute Gasteiger partial charge is 0.342 e. The highest BCUT2D eigenvalue weighted by Gasteiger charge is 2.72. The highest BCUT2D eigenvalue weighted by atomic mass is 16.2. The average molecular weight is 307 g/mol. The summed E-state index contributed by atoms with van der Waals surface area (Å²) in [6.45, 7) is 16.6. The van der Waals surface area contributed by atoms with Gasteiger partial charge >= 0.3 is 0 Å². The van der Waals surface area contributed by atoms with E-state index in [1.165, 1.54) is 0 Å². The zero-order valence-electron chi connectivity index (χ0n) is 15.5. The molecule has 2 bridgehead atoms. The van der Waals surface area contributed by atoms with E-state index in [4.69, 9.17) is 0 Å². The first-order chi connectivity index (χ1) is 9.98. The fourth-order valence-electron chi connectivity index (χ4n) is 4.76. The summed E-state index contributed by atoms with van der Waals surface area (Å²) < 4.78 is 0. The van der Waals surface area contributed by atoms with Gasteiger partial charge in [0.25, 0.3) is 0 Å². The molecule has 0 radical (unpaired) electrons. The van der Waals surface area contributed by atoms with Gasteiger partial charge in [-0.25, -0.2) is 0 Å². The Labute approximate surface area is 135 Å². The molecule has 0 heterocycles. The van der Waals surface area contributed by atoms with E-state index in [1.807, 2.05) is 4.90 Å². The van der Waals surface area contributed by atoms with E-state index in [9.17, 15) is 9.59 Å². The fourth-order valence-corrected chi connectivity index (χ4v) is 4.76. The quantitative estimate of drug-likeness (QED) is 0.772. The molecule has 22 heavy (non-hydrogen) atoms. The van der Waals surface area contributed by atoms with Crippen LogP contribution in [0.2, 0.25) is 0 Å². The van der Waals surface area contributed by atoms with Crippen molar-refractivity contribution in [3.05, 3.63) is 0 Å². The third-order valence-corrected chi connectivity index (χ3v) is 6.57. The van der Waals surface area contributed by atoms with Crippen molar-refractivity contribution < 1.29 is 9.59 Å². The number of fused-ring (bicyclic) bond motifs is 2. The van der Waals surface area contributed by atoms with Gasteiger partial charge in [-0.1, -0.05) is 48.5 Å². The molecule has 2 rings (SSSR count). The van der Waals surface area contributed by atoms with Crippen LogP contribution in [0, 0.1) is 28.1 Å². The molecule has 2 atom stereocenters. The third kappa shape index (κ3) is 2.23. The average Bonchev–Trinajstić information content (AvgIpc) is 2.66. The fraction of sp³-hybridized carbons (Fsp3) is 0.895. The van der Waals surface area contributed by atoms with Crippen LogP contribution in [0.15, 0.2) is 0 Å². The number of ketones is 1. The summed E-state index contributed by atoms with van der Waals surface area (Å²) in [6, 6.07) is 0. The van der Waals surface area contributed by atoms with Crippen molar-refractivity contribution in [3.63, 3.8) is 0 Å². The topological polar surface area (TPSA) is 37.4 Å². The zero-order chi connectivity index (χ0) is 16.9. The van der Waals surface area contributed by atoms with E-state index in [1.54, 1.807) is 0 Å². The highest BCUT2D eigenvalue weighted by Crippen LogP contribution is 2.71. The minimum atomic E-state index is -0.470. The molecule has 1 amide bonds. The van der Waals surface area contributed by atoms with Gasteiger partial charge in [-0.05, 0) is 30.1 Å². The summed E-state index contributed by atoms with van der Waals surface area (Å²) >= 11 is 0. The summed E-state index contributed by atoms with van der Waals surface area (Å²) in [4.78, 5) is 28.1. The molecule has 126 valence electrons. The van der Waals surface area contributed by atoms with Crippen LogP contribution in [0.3, 0.4) is 0 Å². The lowest BCUT2D eigenvalue weighted by atomic mass is 9.64. The molecule has 3 nitrogen and oxygen atoms in total. The van der Waals surface area contributed by atoms with Gasteiger partial charge in [0, 0.05) is 24.9 Å². The van der Waals surface area contributed by atoms with Crippen LogP contribution in [0.25, 0.3) is 0 Å². The Balaban J connectivity index is 2.36. The molecule has 2 fully saturated rings. The standard InChI is InChI=1S/C19H33NO2/c1-13(2)11-20(12-14(3)4)16(22)19-9-8-18(7,15(21)10-19)17(19,5)6/h13-14H,8-12H2,1-7H3/t18-,19+/m1/s1. The Bertz CT molecular complexity index is 470. The lowest BCUT2D eigenvalue weighted by Crippen LogP contribution is -2.50. The van der Waals surface area contributed by atoms with Crippen molar-refractivity contribution in [1.29, 1.82) is 0 Å². The molecule has 0 aromatic carbocycles. The Morgan fingerprint density at radius 1 is 1.05 bits per heavy atom. The van der Waals surface area contributed by atoms with E-state index in [2.05, 4.69) is 48.5 Å². The van der Waals surface area contributed by atoms with E-state index in [0.717, 1.165) is 25.9 Å². The molecular weight excluding hydrogens is 274 g/mol. The van der Waals surface area contributed by atoms with Gasteiger partial charge in [0.2, 0.25) is 5.91 Å². The Morgan fingerprint density at radius 3 is 1.86 bits per heavy atom. The number of Topliss-reactive ketones (excluding diaryl/α,β-unsaturated/α-hetero) is 1. The Hall–Kier alpha value is -0.860. The molecule has 3 heteroatoms. The molecule has 2 aliphatic rings. The van der Waals surface area contributed by atoms with E-state index in [0.29, 0.717) is 24.0 Å². The number of hydrogen-bond acceptors (Lipinski definition) is 2. The first kappa shape index (κ1) is 17.5. The second kappa shape index (κ2) is 5.35. The monoisotopic (exact) mass is 307 g/mol. The van der Waals surface area contributed by atoms with Crippen molar-refractivity contribution in [2.24, 2.45) is 28.1 Å². The van der Waals surface area contributed by atoms with Gasteiger partial charge in [-0.2, -0.15) is 0 Å². The van der Waals surface area contributed by atoms with Gasteiger partial charge in [0.05, 0.1) is 5.41 Å². The van der Waals surface area contributed by atoms with Crippen LogP contribution >= 0.6 is 0 Å². The maximum Gasteiger partial charge on any atom is 0.229 e. The maximum atomic E-state index is 13.5. The molecule has 2 aliphatic carbocycles. The predicted molar refractivity (Wildman–Crippen MR) is 89.4 cm³/mol. The summed E-state index contributed by atoms with van der Waals surface area (Å²) in [5.41, 5.74) is -1.02. The number of nitrogens with zero attached hydrogens (tertiary/aromatic N) is 1. The van der Waals surface area contributed by atoms with Crippen LogP contribution < -0.4 is 0 Å². The second-order valence-electron chi connectivity index (χ2n) is 9.14. The number of carbonyl (C=O) groups excluding carboxylic acids is 2. The highest BCUT2D eigenvalue weighted by molar-refractivity contribution is 5.99. The van der Waals surface area contributed by atoms with Crippen molar-refractivity contribution in [2.75, 3.05) is 13.1 Å². The first-order valence-electron chi connectivity index (χ1n) is 8.80. The molecule has 0 saturated heterocycles. The van der Waals surface area contributed by atoms with Crippen LogP contribution in [-0.2, 0) is 9.59 Å². The lowest BCUT2D eigenvalue weighted by Gasteiger charge is -2.42. The minimum Gasteiger partial charge on any atom is -0.342 e. The smallest absolute Gasteiger partial charge is 0.229 e. The number of amides is 1. The molecule has 0 aromatic rings. The normalized spacial score (nSPS) is 33.0. The summed E-state index contributed by atoms with van der Waals surface area (Å²) in [6.07, 6.45) is 2.18. The zero-order valence-corrected chi connectivity index (χ0v) is 15.5. The lowest BCUT2D eigenvalue weighted by molar-refractivity contribution is -0.149. The minimum absolute atomic E-state index is 0.231. The summed E-state index contributed by atoms with van der Waals surface area (Å²) in [5.74, 6) is 1.43. The Kier molecular flexibility index (Phi) is 4.25. The molecule has 0 unspecified atom stereocenters. The molecule has 0 N–H and O–H groups in total. The molecule has 2 saturated carbocycles. The van der Waals surface area contributed by atoms with Gasteiger partial charge in [0.15, 0.2) is 0 Å². The van der Waals surface area contributed by atoms with E-state index < -0.39 is 5.41 Å². The second-order valence-corrected chi connectivity index (χ2v) is 9.14. The van der Waals surface area contributed by atoms with Crippen molar-refractivity contribution in [1.82, 2.24) is 4.90 Å². The molecule has 0 spiro atoms. The SMILES string of the molecule is CC(C)CN(CC(C)C)C(=O)[C@]12CC[C@](C)(C(=O)C1)C2(C)C. The van der Waals surface area contributed by atoms with Crippen LogP contribution in [0.5, 0.6) is 0 Å². The van der Waals surface area contributed by atoms with Gasteiger partial charge in [-0.3, -0.25) is 9.59 Å². The van der Waals surface area contributed by atoms with Crippen molar-refractivity contribution in [2.45, 2.75) is 67.7 Å². The van der Waals surface area contributed by atoms with Crippen LogP contribution in [0.1, 0.15) is 67.7 Å². The number of carbonyl (C=O) groups is 2. The summed E-state index contributed by atoms with van der Waals surface area (Å²) in [5, 5.41) is 0. The third-order valence-electron chi connectivity index (χ3n) is 6.57. The number of hydrogen-bond donors (Lipinski definition) is 0. The first-order valence-corrected chi connectivity index (χ1v) is 8.80. The van der Waals surface area contributed by atoms with Crippen molar-refractivity contribution >= 4 is 11.7 Å².